The summed E-state index contributed by atoms with van der Waals surface area (Å²) in [5, 5.41) is 2.86. The van der Waals surface area contributed by atoms with E-state index >= 15 is 0 Å². The first-order chi connectivity index (χ1) is 13.5. The summed E-state index contributed by atoms with van der Waals surface area (Å²) < 4.78 is 10.9. The Morgan fingerprint density at radius 2 is 1.96 bits per heavy atom. The van der Waals surface area contributed by atoms with E-state index in [9.17, 15) is 14.4 Å². The molecule has 0 aliphatic carbocycles. The second kappa shape index (κ2) is 9.16. The number of anilines is 1. The third kappa shape index (κ3) is 4.88. The van der Waals surface area contributed by atoms with E-state index in [0.717, 1.165) is 32.8 Å². The summed E-state index contributed by atoms with van der Waals surface area (Å²) >= 11 is 0. The van der Waals surface area contributed by atoms with Gasteiger partial charge in [-0.1, -0.05) is 0 Å². The van der Waals surface area contributed by atoms with E-state index in [0.29, 0.717) is 23.5 Å². The summed E-state index contributed by atoms with van der Waals surface area (Å²) in [5.41, 5.74) is 1.04. The highest BCUT2D eigenvalue weighted by Gasteiger charge is 2.29. The number of carbonyl (C=O) groups excluding carboxylic acids is 3. The van der Waals surface area contributed by atoms with E-state index in [-0.39, 0.29) is 30.4 Å². The van der Waals surface area contributed by atoms with Gasteiger partial charge in [0.1, 0.15) is 5.75 Å². The van der Waals surface area contributed by atoms with Crippen LogP contribution in [0.2, 0.25) is 0 Å². The summed E-state index contributed by atoms with van der Waals surface area (Å²) in [6, 6.07) is 5.02. The molecule has 1 atom stereocenters. The standard InChI is InChI=1S/C20H27N3O5/c1-14-20(26)22(2)16-13-15(3-5-18(16)28-14)17(24)4-6-19(25)21-7-8-23-9-11-27-12-10-23/h3,5,13-14H,4,6-12H2,1-2H3,(H,21,25). The Labute approximate surface area is 164 Å². The second-order valence-corrected chi connectivity index (χ2v) is 7.07. The van der Waals surface area contributed by atoms with E-state index in [4.69, 9.17) is 9.47 Å². The molecule has 2 aliphatic heterocycles. The summed E-state index contributed by atoms with van der Waals surface area (Å²) in [6.45, 7) is 6.26. The van der Waals surface area contributed by atoms with Crippen molar-refractivity contribution in [3.05, 3.63) is 23.8 Å². The number of nitrogens with one attached hydrogen (secondary N) is 1. The van der Waals surface area contributed by atoms with Gasteiger partial charge in [-0.2, -0.15) is 0 Å². The van der Waals surface area contributed by atoms with Gasteiger partial charge in [0.2, 0.25) is 5.91 Å². The molecule has 1 saturated heterocycles. The first-order valence-corrected chi connectivity index (χ1v) is 9.64. The predicted molar refractivity (Wildman–Crippen MR) is 104 cm³/mol. The summed E-state index contributed by atoms with van der Waals surface area (Å²) in [5.74, 6) is 0.151. The minimum absolute atomic E-state index is 0.122. The second-order valence-electron chi connectivity index (χ2n) is 7.07. The number of ketones is 1. The normalized spacial score (nSPS) is 19.7. The number of morpholine rings is 1. The number of benzene rings is 1. The number of likely N-dealkylation sites (N-methyl/N-ethyl adjacent to an activating group) is 1. The van der Waals surface area contributed by atoms with Crippen molar-refractivity contribution in [2.24, 2.45) is 0 Å². The molecule has 152 valence electrons. The number of amides is 2. The molecule has 2 heterocycles. The Morgan fingerprint density at radius 1 is 1.21 bits per heavy atom. The fourth-order valence-electron chi connectivity index (χ4n) is 3.32. The van der Waals surface area contributed by atoms with Gasteiger partial charge in [0, 0.05) is 51.6 Å². The number of hydrogen-bond donors (Lipinski definition) is 1. The van der Waals surface area contributed by atoms with Gasteiger partial charge in [0.25, 0.3) is 5.91 Å². The smallest absolute Gasteiger partial charge is 0.267 e. The Bertz CT molecular complexity index is 745. The highest BCUT2D eigenvalue weighted by atomic mass is 16.5. The number of nitrogens with zero attached hydrogens (tertiary/aromatic N) is 2. The van der Waals surface area contributed by atoms with Gasteiger partial charge in [-0.25, -0.2) is 0 Å². The van der Waals surface area contributed by atoms with Crippen molar-refractivity contribution >= 4 is 23.3 Å². The molecular weight excluding hydrogens is 362 g/mol. The molecule has 8 nitrogen and oxygen atoms in total. The maximum absolute atomic E-state index is 12.5. The number of fused-ring (bicyclic) bond motifs is 1. The third-order valence-electron chi connectivity index (χ3n) is 5.06. The van der Waals surface area contributed by atoms with Crippen LogP contribution in [-0.4, -0.2) is 75.0 Å². The molecule has 1 aromatic carbocycles. The van der Waals surface area contributed by atoms with Crippen LogP contribution in [0.3, 0.4) is 0 Å². The molecule has 1 aromatic rings. The van der Waals surface area contributed by atoms with Gasteiger partial charge in [-0.3, -0.25) is 19.3 Å². The van der Waals surface area contributed by atoms with Crippen molar-refractivity contribution in [2.45, 2.75) is 25.9 Å². The maximum atomic E-state index is 12.5. The van der Waals surface area contributed by atoms with Gasteiger partial charge in [0.15, 0.2) is 11.9 Å². The summed E-state index contributed by atoms with van der Waals surface area (Å²) in [6.07, 6.45) is -0.279. The summed E-state index contributed by atoms with van der Waals surface area (Å²) in [4.78, 5) is 40.3. The monoisotopic (exact) mass is 389 g/mol. The van der Waals surface area contributed by atoms with Crippen LogP contribution in [0.25, 0.3) is 0 Å². The average molecular weight is 389 g/mol. The van der Waals surface area contributed by atoms with Crippen LogP contribution < -0.4 is 15.0 Å². The molecule has 2 amide bonds. The zero-order valence-corrected chi connectivity index (χ0v) is 16.4. The lowest BCUT2D eigenvalue weighted by atomic mass is 10.0. The molecule has 1 unspecified atom stereocenters. The molecule has 28 heavy (non-hydrogen) atoms. The number of Topliss-reactive ketones (excluding diaryl/α,β-unsaturated/α-hetero) is 1. The van der Waals surface area contributed by atoms with Gasteiger partial charge >= 0.3 is 0 Å². The van der Waals surface area contributed by atoms with Crippen molar-refractivity contribution in [1.29, 1.82) is 0 Å². The minimum Gasteiger partial charge on any atom is -0.479 e. The molecule has 0 spiro atoms. The molecular formula is C20H27N3O5. The van der Waals surface area contributed by atoms with Crippen LogP contribution in [0.5, 0.6) is 5.75 Å². The molecule has 1 N–H and O–H groups in total. The van der Waals surface area contributed by atoms with E-state index < -0.39 is 6.10 Å². The van der Waals surface area contributed by atoms with E-state index in [1.54, 1.807) is 32.2 Å². The predicted octanol–water partition coefficient (Wildman–Crippen LogP) is 0.842. The van der Waals surface area contributed by atoms with Crippen molar-refractivity contribution in [2.75, 3.05) is 51.3 Å². The Balaban J connectivity index is 1.47. The van der Waals surface area contributed by atoms with Gasteiger partial charge < -0.3 is 19.7 Å². The zero-order chi connectivity index (χ0) is 20.1. The number of carbonyl (C=O) groups is 3. The zero-order valence-electron chi connectivity index (χ0n) is 16.4. The SMILES string of the molecule is CC1Oc2ccc(C(=O)CCC(=O)NCCN3CCOCC3)cc2N(C)C1=O. The van der Waals surface area contributed by atoms with Crippen LogP contribution in [0.15, 0.2) is 18.2 Å². The van der Waals surface area contributed by atoms with Crippen LogP contribution in [0, 0.1) is 0 Å². The Kier molecular flexibility index (Phi) is 6.64. The van der Waals surface area contributed by atoms with Gasteiger partial charge in [0.05, 0.1) is 18.9 Å². The van der Waals surface area contributed by atoms with Crippen molar-refractivity contribution in [1.82, 2.24) is 10.2 Å². The van der Waals surface area contributed by atoms with Crippen LogP contribution in [0.4, 0.5) is 5.69 Å². The lowest BCUT2D eigenvalue weighted by Crippen LogP contribution is -2.42. The van der Waals surface area contributed by atoms with Crippen LogP contribution in [-0.2, 0) is 14.3 Å². The number of hydrogen-bond acceptors (Lipinski definition) is 6. The summed E-state index contributed by atoms with van der Waals surface area (Å²) in [7, 11) is 1.66. The topological polar surface area (TPSA) is 88.2 Å². The quantitative estimate of drug-likeness (QED) is 0.696. The Hall–Kier alpha value is -2.45. The first-order valence-electron chi connectivity index (χ1n) is 9.64. The minimum atomic E-state index is -0.541. The van der Waals surface area contributed by atoms with Crippen LogP contribution in [0.1, 0.15) is 30.1 Å². The van der Waals surface area contributed by atoms with Gasteiger partial charge in [-0.05, 0) is 25.1 Å². The molecule has 0 bridgehead atoms. The average Bonchev–Trinajstić information content (AvgIpc) is 2.71. The molecule has 0 radical (unpaired) electrons. The lowest BCUT2D eigenvalue weighted by Gasteiger charge is -2.30. The van der Waals surface area contributed by atoms with Crippen LogP contribution >= 0.6 is 0 Å². The third-order valence-corrected chi connectivity index (χ3v) is 5.06. The van der Waals surface area contributed by atoms with E-state index in [1.807, 2.05) is 0 Å². The molecule has 3 rings (SSSR count). The number of ether oxygens (including phenoxy) is 2. The van der Waals surface area contributed by atoms with Crippen molar-refractivity contribution in [3.8, 4) is 5.75 Å². The molecule has 2 aliphatic rings. The first kappa shape index (κ1) is 20.3. The van der Waals surface area contributed by atoms with Crippen molar-refractivity contribution < 1.29 is 23.9 Å². The fourth-order valence-corrected chi connectivity index (χ4v) is 3.32. The largest absolute Gasteiger partial charge is 0.479 e. The van der Waals surface area contributed by atoms with Gasteiger partial charge in [-0.15, -0.1) is 0 Å². The number of rotatable bonds is 7. The van der Waals surface area contributed by atoms with E-state index in [1.165, 1.54) is 4.90 Å². The highest BCUT2D eigenvalue weighted by Crippen LogP contribution is 2.34. The molecule has 1 fully saturated rings. The maximum Gasteiger partial charge on any atom is 0.267 e. The Morgan fingerprint density at radius 3 is 2.71 bits per heavy atom. The van der Waals surface area contributed by atoms with Crippen molar-refractivity contribution in [3.63, 3.8) is 0 Å². The molecule has 0 aromatic heterocycles. The fraction of sp³-hybridized carbons (Fsp3) is 0.550. The highest BCUT2D eigenvalue weighted by molar-refractivity contribution is 6.03. The lowest BCUT2D eigenvalue weighted by molar-refractivity contribution is -0.125. The molecule has 8 heteroatoms. The van der Waals surface area contributed by atoms with E-state index in [2.05, 4.69) is 10.2 Å². The molecule has 0 saturated carbocycles.